The summed E-state index contributed by atoms with van der Waals surface area (Å²) in [6.45, 7) is 1.21. The number of nitrogens with one attached hydrogen (secondary N) is 2. The highest BCUT2D eigenvalue weighted by atomic mass is 19.1. The minimum atomic E-state index is -1.02. The number of hydrogen-bond acceptors (Lipinski definition) is 5. The highest BCUT2D eigenvalue weighted by Gasteiger charge is 2.34. The summed E-state index contributed by atoms with van der Waals surface area (Å²) >= 11 is 0. The molecule has 0 saturated heterocycles. The van der Waals surface area contributed by atoms with Crippen LogP contribution in [0.3, 0.4) is 0 Å². The van der Waals surface area contributed by atoms with E-state index in [0.29, 0.717) is 11.6 Å². The summed E-state index contributed by atoms with van der Waals surface area (Å²) in [6.07, 6.45) is 0. The van der Waals surface area contributed by atoms with Crippen molar-refractivity contribution in [2.75, 3.05) is 13.2 Å². The average molecular weight is 416 g/mol. The molecule has 2 amide bonds. The van der Waals surface area contributed by atoms with Crippen molar-refractivity contribution in [3.63, 3.8) is 0 Å². The molecule has 0 aromatic heterocycles. The molecule has 156 valence electrons. The van der Waals surface area contributed by atoms with Gasteiger partial charge in [0.05, 0.1) is 29.5 Å². The fourth-order valence-corrected chi connectivity index (χ4v) is 2.97. The van der Waals surface area contributed by atoms with Crippen molar-refractivity contribution in [3.05, 3.63) is 82.6 Å². The third-order valence-electron chi connectivity index (χ3n) is 4.23. The van der Waals surface area contributed by atoms with Crippen molar-refractivity contribution in [1.82, 2.24) is 10.6 Å². The van der Waals surface area contributed by atoms with Gasteiger partial charge in [0.25, 0.3) is 0 Å². The molecule has 1 heterocycles. The van der Waals surface area contributed by atoms with Gasteiger partial charge in [0.1, 0.15) is 18.2 Å². The van der Waals surface area contributed by atoms with Crippen molar-refractivity contribution >= 4 is 18.0 Å². The summed E-state index contributed by atoms with van der Waals surface area (Å²) in [7, 11) is 0. The maximum atomic E-state index is 13.3. The number of carbonyl (C=O) groups is 3. The maximum absolute atomic E-state index is 13.3. The van der Waals surface area contributed by atoms with Crippen molar-refractivity contribution in [2.45, 2.75) is 13.0 Å². The first-order valence-corrected chi connectivity index (χ1v) is 9.05. The molecule has 2 aromatic rings. The van der Waals surface area contributed by atoms with Gasteiger partial charge < -0.3 is 20.1 Å². The van der Waals surface area contributed by atoms with Gasteiger partial charge in [-0.15, -0.1) is 0 Å². The van der Waals surface area contributed by atoms with E-state index in [1.165, 1.54) is 0 Å². The van der Waals surface area contributed by atoms with Crippen molar-refractivity contribution in [1.29, 1.82) is 0 Å². The van der Waals surface area contributed by atoms with Crippen LogP contribution in [0.5, 0.6) is 0 Å². The summed E-state index contributed by atoms with van der Waals surface area (Å²) in [5, 5.41) is 5.08. The van der Waals surface area contributed by atoms with Crippen LogP contribution < -0.4 is 10.6 Å². The summed E-state index contributed by atoms with van der Waals surface area (Å²) in [5.41, 5.74) is 0.342. The van der Waals surface area contributed by atoms with E-state index in [1.54, 1.807) is 37.3 Å². The number of amides is 2. The summed E-state index contributed by atoms with van der Waals surface area (Å²) in [4.78, 5) is 36.9. The Balaban J connectivity index is 1.91. The molecule has 9 heteroatoms. The molecule has 0 aliphatic carbocycles. The van der Waals surface area contributed by atoms with E-state index in [2.05, 4.69) is 10.6 Å². The quantitative estimate of drug-likeness (QED) is 0.707. The molecule has 1 atom stereocenters. The normalized spacial score (nSPS) is 15.8. The van der Waals surface area contributed by atoms with Crippen molar-refractivity contribution in [2.24, 2.45) is 0 Å². The smallest absolute Gasteiger partial charge is 0.338 e. The second-order valence-corrected chi connectivity index (χ2v) is 6.29. The second-order valence-electron chi connectivity index (χ2n) is 6.29. The van der Waals surface area contributed by atoms with E-state index in [4.69, 9.17) is 9.47 Å². The van der Waals surface area contributed by atoms with E-state index < -0.39 is 42.3 Å². The van der Waals surface area contributed by atoms with E-state index in [-0.39, 0.29) is 23.4 Å². The van der Waals surface area contributed by atoms with Gasteiger partial charge in [-0.1, -0.05) is 30.3 Å². The fourth-order valence-electron chi connectivity index (χ4n) is 2.97. The van der Waals surface area contributed by atoms with Gasteiger partial charge in [-0.05, 0) is 24.6 Å². The Morgan fingerprint density at radius 2 is 1.67 bits per heavy atom. The lowest BCUT2D eigenvalue weighted by Crippen LogP contribution is -2.47. The first kappa shape index (κ1) is 21.0. The Morgan fingerprint density at radius 1 is 1.00 bits per heavy atom. The van der Waals surface area contributed by atoms with Gasteiger partial charge in [-0.25, -0.2) is 23.2 Å². The Bertz CT molecular complexity index is 987. The lowest BCUT2D eigenvalue weighted by atomic mass is 9.95. The molecule has 2 N–H and O–H groups in total. The number of benzene rings is 2. The summed E-state index contributed by atoms with van der Waals surface area (Å²) < 4.78 is 36.9. The number of carbonyl (C=O) groups excluding carboxylic acids is 3. The topological polar surface area (TPSA) is 93.7 Å². The van der Waals surface area contributed by atoms with Crippen LogP contribution in [-0.2, 0) is 14.3 Å². The van der Waals surface area contributed by atoms with E-state index >= 15 is 0 Å². The number of rotatable bonds is 6. The zero-order valence-electron chi connectivity index (χ0n) is 15.9. The Kier molecular flexibility index (Phi) is 6.41. The summed E-state index contributed by atoms with van der Waals surface area (Å²) in [5.74, 6) is -3.60. The molecular formula is C21H18F2N2O5. The van der Waals surface area contributed by atoms with Gasteiger partial charge in [0.2, 0.25) is 0 Å². The number of urea groups is 1. The Hall–Kier alpha value is -3.75. The minimum Gasteiger partial charge on any atom is -0.463 e. The molecule has 0 bridgehead atoms. The molecule has 2 aromatic carbocycles. The molecule has 3 rings (SSSR count). The molecule has 0 saturated carbocycles. The van der Waals surface area contributed by atoms with Crippen molar-refractivity contribution < 1.29 is 32.6 Å². The van der Waals surface area contributed by atoms with Gasteiger partial charge in [0.15, 0.2) is 0 Å². The third-order valence-corrected chi connectivity index (χ3v) is 4.23. The highest BCUT2D eigenvalue weighted by Crippen LogP contribution is 2.28. The van der Waals surface area contributed by atoms with E-state index in [1.807, 2.05) is 0 Å². The average Bonchev–Trinajstić information content (AvgIpc) is 2.71. The molecule has 0 unspecified atom stereocenters. The predicted molar refractivity (Wildman–Crippen MR) is 101 cm³/mol. The largest absolute Gasteiger partial charge is 0.463 e. The van der Waals surface area contributed by atoms with Gasteiger partial charge >= 0.3 is 18.0 Å². The zero-order chi connectivity index (χ0) is 21.7. The van der Waals surface area contributed by atoms with Crippen LogP contribution in [0.25, 0.3) is 0 Å². The van der Waals surface area contributed by atoms with E-state index in [0.717, 1.165) is 12.1 Å². The minimum absolute atomic E-state index is 0.0104. The zero-order valence-corrected chi connectivity index (χ0v) is 15.9. The predicted octanol–water partition coefficient (Wildman–Crippen LogP) is 2.99. The lowest BCUT2D eigenvalue weighted by Gasteiger charge is -2.29. The SMILES string of the molecule is CCOC(=O)C1=C(COC(=O)c2cc(F)cc(F)c2)NC(=O)N[C@@H]1c1ccccc1. The molecule has 7 nitrogen and oxygen atoms in total. The molecule has 0 radical (unpaired) electrons. The lowest BCUT2D eigenvalue weighted by molar-refractivity contribution is -0.139. The van der Waals surface area contributed by atoms with Crippen LogP contribution in [0.1, 0.15) is 28.9 Å². The highest BCUT2D eigenvalue weighted by molar-refractivity contribution is 5.95. The monoisotopic (exact) mass is 416 g/mol. The van der Waals surface area contributed by atoms with Crippen molar-refractivity contribution in [3.8, 4) is 0 Å². The molecule has 1 aliphatic rings. The van der Waals surface area contributed by atoms with Crippen LogP contribution in [0.4, 0.5) is 13.6 Å². The molecular weight excluding hydrogens is 398 g/mol. The molecule has 0 spiro atoms. The van der Waals surface area contributed by atoms with Crippen LogP contribution >= 0.6 is 0 Å². The number of esters is 2. The standard InChI is InChI=1S/C21H18F2N2O5/c1-2-29-20(27)17-16(11-30-19(26)13-8-14(22)10-15(23)9-13)24-21(28)25-18(17)12-6-4-3-5-7-12/h3-10,18H,2,11H2,1H3,(H2,24,25,28)/t18-/m1/s1. The van der Waals surface area contributed by atoms with Crippen LogP contribution in [0.15, 0.2) is 59.8 Å². The number of halogens is 2. The van der Waals surface area contributed by atoms with Gasteiger partial charge in [-0.2, -0.15) is 0 Å². The van der Waals surface area contributed by atoms with E-state index in [9.17, 15) is 23.2 Å². The first-order chi connectivity index (χ1) is 14.4. The van der Waals surface area contributed by atoms with Crippen LogP contribution in [-0.4, -0.2) is 31.2 Å². The Morgan fingerprint density at radius 3 is 2.30 bits per heavy atom. The van der Waals surface area contributed by atoms with Crippen LogP contribution in [0.2, 0.25) is 0 Å². The summed E-state index contributed by atoms with van der Waals surface area (Å²) in [6, 6.07) is 9.51. The molecule has 1 aliphatic heterocycles. The fraction of sp³-hybridized carbons (Fsp3) is 0.190. The third kappa shape index (κ3) is 4.80. The number of hydrogen-bond donors (Lipinski definition) is 2. The Labute approximate surface area is 170 Å². The van der Waals surface area contributed by atoms with Gasteiger partial charge in [0, 0.05) is 6.07 Å². The first-order valence-electron chi connectivity index (χ1n) is 9.05. The molecule has 30 heavy (non-hydrogen) atoms. The molecule has 0 fully saturated rings. The maximum Gasteiger partial charge on any atom is 0.338 e. The van der Waals surface area contributed by atoms with Gasteiger partial charge in [-0.3, -0.25) is 0 Å². The second kappa shape index (κ2) is 9.17. The number of ether oxygens (including phenoxy) is 2. The van der Waals surface area contributed by atoms with Crippen LogP contribution in [0, 0.1) is 11.6 Å².